The van der Waals surface area contributed by atoms with E-state index < -0.39 is 17.6 Å². The fraction of sp³-hybridized carbons (Fsp3) is 0.182. The van der Waals surface area contributed by atoms with Gasteiger partial charge in [-0.1, -0.05) is 12.1 Å². The van der Waals surface area contributed by atoms with Crippen molar-refractivity contribution >= 4 is 40.7 Å². The van der Waals surface area contributed by atoms with Crippen LogP contribution in [0.25, 0.3) is 11.6 Å². The van der Waals surface area contributed by atoms with E-state index in [-0.39, 0.29) is 17.4 Å². The lowest BCUT2D eigenvalue weighted by atomic mass is 10.1. The molecule has 232 valence electrons. The number of nitrogens with one attached hydrogen (secondary N) is 3. The molecule has 3 N–H and O–H groups in total. The summed E-state index contributed by atoms with van der Waals surface area (Å²) in [5.41, 5.74) is 1.95. The zero-order chi connectivity index (χ0) is 32.3. The molecule has 12 heteroatoms. The molecule has 1 aliphatic rings. The van der Waals surface area contributed by atoms with Gasteiger partial charge in [-0.05, 0) is 68.7 Å². The molecular formula is C33H30F3N5O4. The van der Waals surface area contributed by atoms with Crippen LogP contribution in [0.2, 0.25) is 0 Å². The number of aromatic nitrogens is 1. The first kappa shape index (κ1) is 31.1. The molecule has 0 fully saturated rings. The fourth-order valence-corrected chi connectivity index (χ4v) is 4.64. The Labute approximate surface area is 257 Å². The van der Waals surface area contributed by atoms with Crippen LogP contribution in [-0.4, -0.2) is 66.7 Å². The van der Waals surface area contributed by atoms with E-state index in [1.807, 2.05) is 19.0 Å². The van der Waals surface area contributed by atoms with Crippen molar-refractivity contribution in [3.8, 4) is 11.5 Å². The zero-order valence-corrected chi connectivity index (χ0v) is 24.7. The number of alkyl halides is 3. The summed E-state index contributed by atoms with van der Waals surface area (Å²) in [5.74, 6) is -0.379. The van der Waals surface area contributed by atoms with Crippen LogP contribution in [0, 0.1) is 0 Å². The normalized spacial score (nSPS) is 13.5. The molecule has 1 aromatic heterocycles. The van der Waals surface area contributed by atoms with Gasteiger partial charge in [-0.3, -0.25) is 14.4 Å². The monoisotopic (exact) mass is 617 g/mol. The van der Waals surface area contributed by atoms with Gasteiger partial charge < -0.3 is 30.2 Å². The third-order valence-electron chi connectivity index (χ3n) is 7.04. The second kappa shape index (κ2) is 12.7. The third-order valence-corrected chi connectivity index (χ3v) is 7.04. The minimum atomic E-state index is -4.56. The molecular weight excluding hydrogens is 587 g/mol. The highest BCUT2D eigenvalue weighted by molar-refractivity contribution is 6.35. The summed E-state index contributed by atoms with van der Waals surface area (Å²) in [7, 11) is 5.62. The van der Waals surface area contributed by atoms with Crippen molar-refractivity contribution in [3.63, 3.8) is 0 Å². The fourth-order valence-electron chi connectivity index (χ4n) is 4.64. The summed E-state index contributed by atoms with van der Waals surface area (Å²) in [6.45, 7) is 1.31. The van der Waals surface area contributed by atoms with Crippen molar-refractivity contribution in [1.29, 1.82) is 0 Å². The number of aromatic amines is 1. The first-order valence-electron chi connectivity index (χ1n) is 13.9. The number of benzene rings is 3. The van der Waals surface area contributed by atoms with E-state index in [0.717, 1.165) is 18.7 Å². The Morgan fingerprint density at radius 2 is 1.67 bits per heavy atom. The molecule has 9 nitrogen and oxygen atoms in total. The molecule has 0 spiro atoms. The molecule has 45 heavy (non-hydrogen) atoms. The summed E-state index contributed by atoms with van der Waals surface area (Å²) in [4.78, 5) is 44.9. The Hall–Kier alpha value is -5.36. The van der Waals surface area contributed by atoms with Crippen molar-refractivity contribution in [3.05, 3.63) is 107 Å². The second-order valence-electron chi connectivity index (χ2n) is 10.8. The van der Waals surface area contributed by atoms with Gasteiger partial charge in [0.1, 0.15) is 11.5 Å². The van der Waals surface area contributed by atoms with Crippen LogP contribution in [0.4, 0.5) is 24.5 Å². The van der Waals surface area contributed by atoms with Crippen molar-refractivity contribution < 1.29 is 32.3 Å². The van der Waals surface area contributed by atoms with Crippen LogP contribution >= 0.6 is 0 Å². The zero-order valence-electron chi connectivity index (χ0n) is 24.7. The maximum atomic E-state index is 13.0. The molecule has 0 saturated heterocycles. The maximum absolute atomic E-state index is 13.0. The summed E-state index contributed by atoms with van der Waals surface area (Å²) in [6.07, 6.45) is -1.28. The largest absolute Gasteiger partial charge is 0.457 e. The van der Waals surface area contributed by atoms with Gasteiger partial charge in [0, 0.05) is 61.0 Å². The minimum absolute atomic E-state index is 0.130. The van der Waals surface area contributed by atoms with E-state index in [9.17, 15) is 27.6 Å². The molecule has 5 rings (SSSR count). The number of likely N-dealkylation sites (N-methyl/N-ethyl adjacent to an activating group) is 2. The summed E-state index contributed by atoms with van der Waals surface area (Å²) >= 11 is 0. The van der Waals surface area contributed by atoms with Gasteiger partial charge in [0.05, 0.1) is 22.4 Å². The Kier molecular flexibility index (Phi) is 8.77. The topological polar surface area (TPSA) is 107 Å². The number of rotatable bonds is 9. The van der Waals surface area contributed by atoms with Gasteiger partial charge in [0.15, 0.2) is 0 Å². The van der Waals surface area contributed by atoms with E-state index in [1.165, 1.54) is 18.2 Å². The number of carbonyl (C=O) groups is 3. The predicted molar refractivity (Wildman–Crippen MR) is 165 cm³/mol. The van der Waals surface area contributed by atoms with E-state index in [2.05, 4.69) is 15.6 Å². The number of ether oxygens (including phenoxy) is 1. The first-order chi connectivity index (χ1) is 21.4. The van der Waals surface area contributed by atoms with Gasteiger partial charge in [0.25, 0.3) is 17.7 Å². The third kappa shape index (κ3) is 7.42. The number of nitrogens with zero attached hydrogens (tertiary/aromatic N) is 2. The van der Waals surface area contributed by atoms with Crippen molar-refractivity contribution in [1.82, 2.24) is 14.8 Å². The van der Waals surface area contributed by atoms with Crippen molar-refractivity contribution in [2.24, 2.45) is 0 Å². The van der Waals surface area contributed by atoms with E-state index in [4.69, 9.17) is 4.74 Å². The molecule has 4 aromatic rings. The highest BCUT2D eigenvalue weighted by Gasteiger charge is 2.31. The molecule has 0 atom stereocenters. The smallest absolute Gasteiger partial charge is 0.416 e. The van der Waals surface area contributed by atoms with E-state index in [0.29, 0.717) is 51.8 Å². The lowest BCUT2D eigenvalue weighted by molar-refractivity contribution is -0.137. The number of carbonyl (C=O) groups excluding carboxylic acids is 3. The number of amides is 3. The number of halogens is 3. The van der Waals surface area contributed by atoms with Crippen LogP contribution in [-0.2, 0) is 11.0 Å². The SMILES string of the molecule is CN(C)CCN(C)C(=O)c1c[nH]c(C=C2C(=O)Nc3cc(Oc4cccc(NC(=O)c5cccc(C(F)(F)F)c5)c4)ccc32)c1. The molecule has 3 amide bonds. The number of hydrogen-bond donors (Lipinski definition) is 3. The lowest BCUT2D eigenvalue weighted by Gasteiger charge is -2.18. The van der Waals surface area contributed by atoms with Crippen molar-refractivity contribution in [2.75, 3.05) is 44.9 Å². The number of H-pyrrole nitrogens is 1. The molecule has 0 unspecified atom stereocenters. The predicted octanol–water partition coefficient (Wildman–Crippen LogP) is 6.20. The average Bonchev–Trinajstić information content (AvgIpc) is 3.59. The van der Waals surface area contributed by atoms with Gasteiger partial charge in [0.2, 0.25) is 0 Å². The first-order valence-corrected chi connectivity index (χ1v) is 13.9. The highest BCUT2D eigenvalue weighted by atomic mass is 19.4. The molecule has 0 aliphatic carbocycles. The molecule has 0 radical (unpaired) electrons. The minimum Gasteiger partial charge on any atom is -0.457 e. The Bertz CT molecular complexity index is 1790. The van der Waals surface area contributed by atoms with Crippen LogP contribution in [0.3, 0.4) is 0 Å². The van der Waals surface area contributed by atoms with Crippen molar-refractivity contribution in [2.45, 2.75) is 6.18 Å². The van der Waals surface area contributed by atoms with Gasteiger partial charge in [-0.25, -0.2) is 0 Å². The number of fused-ring (bicyclic) bond motifs is 1. The van der Waals surface area contributed by atoms with Crippen LogP contribution in [0.5, 0.6) is 11.5 Å². The van der Waals surface area contributed by atoms with E-state index in [1.54, 1.807) is 66.7 Å². The summed E-state index contributed by atoms with van der Waals surface area (Å²) in [5, 5.41) is 5.41. The van der Waals surface area contributed by atoms with Crippen LogP contribution in [0.1, 0.15) is 37.5 Å². The molecule has 2 heterocycles. The Balaban J connectivity index is 1.27. The van der Waals surface area contributed by atoms with Crippen LogP contribution in [0.15, 0.2) is 79.0 Å². The second-order valence-corrected chi connectivity index (χ2v) is 10.8. The van der Waals surface area contributed by atoms with Gasteiger partial charge in [-0.15, -0.1) is 0 Å². The summed E-state index contributed by atoms with van der Waals surface area (Å²) < 4.78 is 45.1. The maximum Gasteiger partial charge on any atom is 0.416 e. The Morgan fingerprint density at radius 3 is 2.42 bits per heavy atom. The quantitative estimate of drug-likeness (QED) is 0.194. The van der Waals surface area contributed by atoms with E-state index >= 15 is 0 Å². The molecule has 0 bridgehead atoms. The number of hydrogen-bond acceptors (Lipinski definition) is 5. The lowest BCUT2D eigenvalue weighted by Crippen LogP contribution is -2.33. The highest BCUT2D eigenvalue weighted by Crippen LogP contribution is 2.37. The average molecular weight is 618 g/mol. The molecule has 3 aromatic carbocycles. The number of anilines is 2. The molecule has 1 aliphatic heterocycles. The summed E-state index contributed by atoms with van der Waals surface area (Å²) in [6, 6.07) is 17.3. The molecule has 0 saturated carbocycles. The Morgan fingerprint density at radius 1 is 0.911 bits per heavy atom. The van der Waals surface area contributed by atoms with Gasteiger partial charge in [-0.2, -0.15) is 13.2 Å². The van der Waals surface area contributed by atoms with Crippen LogP contribution < -0.4 is 15.4 Å². The standard InChI is InChI=1S/C33H30F3N5O4/c1-40(2)12-13-41(3)32(44)21-15-24(37-19-21)17-28-27-11-10-26(18-29(27)39-31(28)43)45-25-9-5-8-23(16-25)38-30(42)20-6-4-7-22(14-20)33(34,35)36/h4-11,14-19,37H,12-13H2,1-3H3,(H,38,42)(H,39,43). The van der Waals surface area contributed by atoms with Gasteiger partial charge >= 0.3 is 6.18 Å².